The molecule has 3 aromatic rings. The van der Waals surface area contributed by atoms with E-state index in [0.29, 0.717) is 5.56 Å². The average molecular weight is 749 g/mol. The van der Waals surface area contributed by atoms with Crippen LogP contribution in [-0.4, -0.2) is 23.9 Å². The Hall–Kier alpha value is -6.96. The van der Waals surface area contributed by atoms with Crippen molar-refractivity contribution in [3.8, 4) is 45.6 Å². The molecule has 0 radical (unpaired) electrons. The lowest BCUT2D eigenvalue weighted by molar-refractivity contribution is -0.132. The molecular formula is C40H32F4O10. The summed E-state index contributed by atoms with van der Waals surface area (Å²) in [6, 6.07) is 10.3. The van der Waals surface area contributed by atoms with E-state index in [-0.39, 0.29) is 86.0 Å². The molecule has 0 aliphatic rings. The fraction of sp³-hybridized carbons (Fsp3) is 0.100. The number of hydrogen-bond acceptors (Lipinski definition) is 10. The molecular weight excluding hydrogens is 716 g/mol. The summed E-state index contributed by atoms with van der Waals surface area (Å²) in [7, 11) is 0. The molecule has 3 rings (SSSR count). The maximum absolute atomic E-state index is 13.3. The van der Waals surface area contributed by atoms with Gasteiger partial charge >= 0.3 is 36.0 Å². The molecule has 0 saturated heterocycles. The van der Waals surface area contributed by atoms with Gasteiger partial charge in [-0.05, 0) is 75.2 Å². The molecule has 0 aromatic heterocycles. The van der Waals surface area contributed by atoms with Crippen molar-refractivity contribution in [2.24, 2.45) is 0 Å². The van der Waals surface area contributed by atoms with Crippen molar-refractivity contribution in [1.29, 1.82) is 0 Å². The first-order valence-electron chi connectivity index (χ1n) is 15.4. The minimum atomic E-state index is -2.22. The number of rotatable bonds is 15. The van der Waals surface area contributed by atoms with Crippen molar-refractivity contribution < 1.29 is 65.2 Å². The third-order valence-corrected chi connectivity index (χ3v) is 6.54. The third-order valence-electron chi connectivity index (χ3n) is 6.54. The van der Waals surface area contributed by atoms with E-state index in [1.807, 2.05) is 0 Å². The molecule has 3 aromatic carbocycles. The molecule has 0 aliphatic carbocycles. The van der Waals surface area contributed by atoms with Gasteiger partial charge in [-0.3, -0.25) is 0 Å². The molecule has 0 aliphatic heterocycles. The first kappa shape index (κ1) is 41.5. The fourth-order valence-corrected chi connectivity index (χ4v) is 3.91. The molecule has 0 spiro atoms. The van der Waals surface area contributed by atoms with Crippen LogP contribution in [-0.2, 0) is 19.2 Å². The first-order chi connectivity index (χ1) is 25.4. The van der Waals surface area contributed by atoms with Crippen LogP contribution in [0.25, 0.3) is 23.3 Å². The second-order valence-corrected chi connectivity index (χ2v) is 11.3. The van der Waals surface area contributed by atoms with Crippen LogP contribution in [0.4, 0.5) is 17.6 Å². The predicted octanol–water partition coefficient (Wildman–Crippen LogP) is 9.68. The summed E-state index contributed by atoms with van der Waals surface area (Å²) in [6.07, 6.45) is -1.41. The van der Waals surface area contributed by atoms with Crippen molar-refractivity contribution in [3.05, 3.63) is 133 Å². The van der Waals surface area contributed by atoms with E-state index in [2.05, 4.69) is 26.3 Å². The summed E-state index contributed by atoms with van der Waals surface area (Å²) in [5, 5.41) is 0. The lowest BCUT2D eigenvalue weighted by Crippen LogP contribution is -2.12. The van der Waals surface area contributed by atoms with Crippen LogP contribution in [0.3, 0.4) is 0 Å². The zero-order valence-corrected chi connectivity index (χ0v) is 29.4. The van der Waals surface area contributed by atoms with E-state index in [1.165, 1.54) is 88.4 Å². The monoisotopic (exact) mass is 748 g/mol. The standard InChI is InChI=1S/C40H32F4O10/c1-21(2)37(45)51-29-13-10-25(15-33(29)53-39(47)23(5)6)9-11-27-17-32(50-20-36(43)44)28(18-31(27)49-19-35(41)42)26-12-14-30(52-38(46)22(3)4)34(16-26)54-40(48)24(7)8/h9-20H,1,3,5,7H2,2,4,6,8H3/b11-9+. The Morgan fingerprint density at radius 1 is 0.500 bits per heavy atom. The van der Waals surface area contributed by atoms with E-state index in [0.717, 1.165) is 0 Å². The van der Waals surface area contributed by atoms with Crippen molar-refractivity contribution in [2.75, 3.05) is 0 Å². The van der Waals surface area contributed by atoms with Crippen LogP contribution >= 0.6 is 0 Å². The van der Waals surface area contributed by atoms with Gasteiger partial charge in [-0.25, -0.2) is 19.2 Å². The van der Waals surface area contributed by atoms with Crippen LogP contribution in [0.2, 0.25) is 0 Å². The normalized spacial score (nSPS) is 10.4. The summed E-state index contributed by atoms with van der Waals surface area (Å²) in [6.45, 7) is 19.6. The zero-order chi connectivity index (χ0) is 40.3. The molecule has 280 valence electrons. The minimum Gasteiger partial charge on any atom is -0.459 e. The van der Waals surface area contributed by atoms with Crippen LogP contribution in [0.1, 0.15) is 38.8 Å². The van der Waals surface area contributed by atoms with Gasteiger partial charge in [-0.1, -0.05) is 50.6 Å². The molecule has 14 heteroatoms. The highest BCUT2D eigenvalue weighted by Gasteiger charge is 2.20. The number of carbonyl (C=O) groups excluding carboxylic acids is 4. The topological polar surface area (TPSA) is 124 Å². The van der Waals surface area contributed by atoms with Crippen LogP contribution < -0.4 is 28.4 Å². The molecule has 0 amide bonds. The largest absolute Gasteiger partial charge is 0.459 e. The number of carbonyl (C=O) groups is 4. The van der Waals surface area contributed by atoms with Gasteiger partial charge in [0.25, 0.3) is 0 Å². The van der Waals surface area contributed by atoms with Crippen LogP contribution in [0.5, 0.6) is 34.5 Å². The highest BCUT2D eigenvalue weighted by Crippen LogP contribution is 2.42. The second kappa shape index (κ2) is 18.5. The van der Waals surface area contributed by atoms with E-state index in [9.17, 15) is 36.7 Å². The predicted molar refractivity (Wildman–Crippen MR) is 191 cm³/mol. The number of ether oxygens (including phenoxy) is 6. The van der Waals surface area contributed by atoms with Gasteiger partial charge in [0, 0.05) is 33.4 Å². The van der Waals surface area contributed by atoms with Gasteiger partial charge in [0.2, 0.25) is 0 Å². The molecule has 0 bridgehead atoms. The Bertz CT molecular complexity index is 2150. The maximum Gasteiger partial charge on any atom is 0.338 e. The lowest BCUT2D eigenvalue weighted by atomic mass is 10.00. The van der Waals surface area contributed by atoms with Gasteiger partial charge in [-0.15, -0.1) is 0 Å². The molecule has 10 nitrogen and oxygen atoms in total. The quantitative estimate of drug-likeness (QED) is 0.0371. The Balaban J connectivity index is 2.25. The Morgan fingerprint density at radius 2 is 0.926 bits per heavy atom. The Morgan fingerprint density at radius 3 is 1.39 bits per heavy atom. The van der Waals surface area contributed by atoms with E-state index >= 15 is 0 Å². The van der Waals surface area contributed by atoms with Crippen LogP contribution in [0.15, 0.2) is 122 Å². The molecule has 0 saturated carbocycles. The van der Waals surface area contributed by atoms with Crippen molar-refractivity contribution in [1.82, 2.24) is 0 Å². The lowest BCUT2D eigenvalue weighted by Gasteiger charge is -2.16. The van der Waals surface area contributed by atoms with Crippen molar-refractivity contribution in [3.63, 3.8) is 0 Å². The van der Waals surface area contributed by atoms with E-state index in [1.54, 1.807) is 0 Å². The molecule has 54 heavy (non-hydrogen) atoms. The summed E-state index contributed by atoms with van der Waals surface area (Å²) in [4.78, 5) is 49.2. The Labute approximate surface area is 307 Å². The minimum absolute atomic E-state index is 0.0122. The van der Waals surface area contributed by atoms with Gasteiger partial charge in [0.05, 0.1) is 0 Å². The summed E-state index contributed by atoms with van der Waals surface area (Å²) >= 11 is 0. The van der Waals surface area contributed by atoms with Crippen molar-refractivity contribution >= 4 is 36.0 Å². The molecule has 0 N–H and O–H groups in total. The second-order valence-electron chi connectivity index (χ2n) is 11.3. The molecule has 0 fully saturated rings. The number of benzene rings is 3. The van der Waals surface area contributed by atoms with Gasteiger partial charge in [0.1, 0.15) is 11.5 Å². The smallest absolute Gasteiger partial charge is 0.338 e. The number of hydrogen-bond donors (Lipinski definition) is 0. The maximum atomic E-state index is 13.3. The van der Waals surface area contributed by atoms with Gasteiger partial charge < -0.3 is 28.4 Å². The van der Waals surface area contributed by atoms with Crippen molar-refractivity contribution in [2.45, 2.75) is 27.7 Å². The average Bonchev–Trinajstić information content (AvgIpc) is 3.10. The Kier molecular flexibility index (Phi) is 14.2. The number of halogens is 4. The first-order valence-corrected chi connectivity index (χ1v) is 15.4. The SMILES string of the molecule is C=C(C)C(=O)Oc1ccc(/C=C/c2cc(OC=C(F)F)c(-c3ccc(OC(=O)C(=C)C)c(OC(=O)C(=C)C)c3)cc2OC=C(F)F)cc1OC(=O)C(=C)C. The summed E-state index contributed by atoms with van der Waals surface area (Å²) in [5.41, 5.74) is 0.519. The molecule has 0 heterocycles. The van der Waals surface area contributed by atoms with E-state index in [4.69, 9.17) is 28.4 Å². The summed E-state index contributed by atoms with van der Waals surface area (Å²) < 4.78 is 84.8. The highest BCUT2D eigenvalue weighted by atomic mass is 19.3. The number of esters is 4. The molecule has 0 unspecified atom stereocenters. The highest BCUT2D eigenvalue weighted by molar-refractivity contribution is 5.93. The zero-order valence-electron chi connectivity index (χ0n) is 29.4. The van der Waals surface area contributed by atoms with E-state index < -0.39 is 36.0 Å². The molecule has 0 atom stereocenters. The summed E-state index contributed by atoms with van der Waals surface area (Å²) in [5.74, 6) is -4.70. The van der Waals surface area contributed by atoms with Crippen LogP contribution in [0, 0.1) is 0 Å². The third kappa shape index (κ3) is 11.8. The van der Waals surface area contributed by atoms with Gasteiger partial charge in [-0.2, -0.15) is 17.6 Å². The fourth-order valence-electron chi connectivity index (χ4n) is 3.91. The van der Waals surface area contributed by atoms with Gasteiger partial charge in [0.15, 0.2) is 35.5 Å².